The molecule has 0 fully saturated rings. The second-order valence-electron chi connectivity index (χ2n) is 2.01. The first kappa shape index (κ1) is 10.9. The number of aliphatic imine (C=N–C) groups is 2. The Morgan fingerprint density at radius 1 is 1.33 bits per heavy atom. The molecule has 0 aromatic heterocycles. The molecule has 1 atom stereocenters. The molecule has 0 spiro atoms. The molecule has 2 aliphatic rings. The number of hydrogen-bond acceptors (Lipinski definition) is 3. The maximum Gasteiger partial charge on any atom is 1.00 e. The third-order valence-corrected chi connectivity index (χ3v) is 1.41. The summed E-state index contributed by atoms with van der Waals surface area (Å²) in [5.41, 5.74) is 1.05. The van der Waals surface area contributed by atoms with Gasteiger partial charge in [-0.2, -0.15) is 0 Å². The van der Waals surface area contributed by atoms with Crippen LogP contribution in [0, 0.1) is 11.8 Å². The summed E-state index contributed by atoms with van der Waals surface area (Å²) in [6.07, 6.45) is 9.59. The summed E-state index contributed by atoms with van der Waals surface area (Å²) in [5.74, 6) is 0. The zero-order chi connectivity index (χ0) is 8.10. The molecule has 0 saturated heterocycles. The SMILES string of the molecule is C1=CC2=NC=NC2C=C1.[C-]#N.[Li+]. The molecule has 0 radical (unpaired) electrons. The van der Waals surface area contributed by atoms with Gasteiger partial charge in [0.05, 0.1) is 5.71 Å². The van der Waals surface area contributed by atoms with Gasteiger partial charge in [0.25, 0.3) is 0 Å². The number of allylic oxidation sites excluding steroid dienone is 2. The van der Waals surface area contributed by atoms with Crippen LogP contribution in [0.3, 0.4) is 0 Å². The molecule has 3 nitrogen and oxygen atoms in total. The molecule has 0 amide bonds. The standard InChI is InChI=1S/C7H6N2.CN.Li/c1-2-4-7-6(3-1)8-5-9-7;1-2;/h1-6H;;/q;-1;+1. The molecule has 2 rings (SSSR count). The van der Waals surface area contributed by atoms with Crippen molar-refractivity contribution in [2.45, 2.75) is 6.04 Å². The van der Waals surface area contributed by atoms with Crippen molar-refractivity contribution in [1.82, 2.24) is 0 Å². The Morgan fingerprint density at radius 2 is 2.08 bits per heavy atom. The first-order chi connectivity index (χ1) is 5.47. The van der Waals surface area contributed by atoms with E-state index in [1.165, 1.54) is 0 Å². The second kappa shape index (κ2) is 5.54. The minimum Gasteiger partial charge on any atom is -0.512 e. The van der Waals surface area contributed by atoms with Crippen molar-refractivity contribution in [3.05, 3.63) is 30.9 Å². The Morgan fingerprint density at radius 3 is 2.75 bits per heavy atom. The summed E-state index contributed by atoms with van der Waals surface area (Å²) in [6.45, 7) is 4.75. The van der Waals surface area contributed by atoms with E-state index < -0.39 is 0 Å². The molecule has 1 aliphatic heterocycles. The van der Waals surface area contributed by atoms with E-state index in [1.807, 2.05) is 24.3 Å². The Balaban J connectivity index is 0.000000378. The summed E-state index contributed by atoms with van der Waals surface area (Å²) in [4.78, 5) is 8.14. The van der Waals surface area contributed by atoms with Crippen LogP contribution in [0.4, 0.5) is 0 Å². The summed E-state index contributed by atoms with van der Waals surface area (Å²) >= 11 is 0. The van der Waals surface area contributed by atoms with E-state index in [1.54, 1.807) is 6.34 Å². The number of nitrogens with zero attached hydrogens (tertiary/aromatic N) is 3. The Kier molecular flexibility index (Phi) is 5.04. The second-order valence-corrected chi connectivity index (χ2v) is 2.01. The van der Waals surface area contributed by atoms with Crippen LogP contribution in [-0.2, 0) is 0 Å². The monoisotopic (exact) mass is 151 g/mol. The van der Waals surface area contributed by atoms with Crippen molar-refractivity contribution in [1.29, 1.82) is 5.26 Å². The molecular weight excluding hydrogens is 145 g/mol. The predicted octanol–water partition coefficient (Wildman–Crippen LogP) is -1.94. The Labute approximate surface area is 83.4 Å². The van der Waals surface area contributed by atoms with E-state index in [9.17, 15) is 0 Å². The normalized spacial score (nSPS) is 21.5. The molecule has 0 saturated carbocycles. The van der Waals surface area contributed by atoms with Gasteiger partial charge in [-0.3, -0.25) is 4.99 Å². The van der Waals surface area contributed by atoms with E-state index in [2.05, 4.69) is 9.98 Å². The van der Waals surface area contributed by atoms with Crippen molar-refractivity contribution in [3.63, 3.8) is 0 Å². The number of fused-ring (bicyclic) bond motifs is 1. The van der Waals surface area contributed by atoms with E-state index in [-0.39, 0.29) is 24.9 Å². The molecule has 4 heteroatoms. The van der Waals surface area contributed by atoms with Crippen LogP contribution >= 0.6 is 0 Å². The van der Waals surface area contributed by atoms with E-state index in [0.717, 1.165) is 5.71 Å². The van der Waals surface area contributed by atoms with Gasteiger partial charge < -0.3 is 11.8 Å². The van der Waals surface area contributed by atoms with E-state index in [4.69, 9.17) is 11.8 Å². The molecule has 12 heavy (non-hydrogen) atoms. The van der Waals surface area contributed by atoms with Crippen molar-refractivity contribution in [2.75, 3.05) is 0 Å². The zero-order valence-corrected chi connectivity index (χ0v) is 6.81. The van der Waals surface area contributed by atoms with Gasteiger partial charge in [0, 0.05) is 0 Å². The van der Waals surface area contributed by atoms with Crippen LogP contribution in [0.25, 0.3) is 0 Å². The minimum atomic E-state index is 0. The topological polar surface area (TPSA) is 48.5 Å². The quantitative estimate of drug-likeness (QED) is 0.293. The summed E-state index contributed by atoms with van der Waals surface area (Å²) in [7, 11) is 0. The van der Waals surface area contributed by atoms with Gasteiger partial charge in [-0.05, 0) is 6.08 Å². The Hall–Kier alpha value is -1.09. The van der Waals surface area contributed by atoms with Crippen LogP contribution in [0.2, 0.25) is 0 Å². The summed E-state index contributed by atoms with van der Waals surface area (Å²) in [6, 6.07) is 0.218. The molecular formula is C8H6LiN3. The van der Waals surface area contributed by atoms with Crippen LogP contribution in [-0.4, -0.2) is 18.1 Å². The molecule has 54 valence electrons. The predicted molar refractivity (Wildman–Crippen MR) is 43.0 cm³/mol. The third kappa shape index (κ3) is 2.20. The molecule has 0 N–H and O–H groups in total. The van der Waals surface area contributed by atoms with Crippen LogP contribution in [0.1, 0.15) is 0 Å². The van der Waals surface area contributed by atoms with E-state index >= 15 is 0 Å². The number of rotatable bonds is 0. The summed E-state index contributed by atoms with van der Waals surface area (Å²) in [5, 5.41) is 6.25. The van der Waals surface area contributed by atoms with Crippen LogP contribution in [0.5, 0.6) is 0 Å². The van der Waals surface area contributed by atoms with Gasteiger partial charge in [-0.15, -0.1) is 0 Å². The van der Waals surface area contributed by atoms with Gasteiger partial charge >= 0.3 is 18.9 Å². The van der Waals surface area contributed by atoms with Crippen molar-refractivity contribution in [3.8, 4) is 0 Å². The molecule has 0 bridgehead atoms. The minimum absolute atomic E-state index is 0. The van der Waals surface area contributed by atoms with Crippen LogP contribution < -0.4 is 18.9 Å². The number of hydrogen-bond donors (Lipinski definition) is 0. The van der Waals surface area contributed by atoms with Gasteiger partial charge in [0.1, 0.15) is 12.4 Å². The maximum atomic E-state index is 6.25. The largest absolute Gasteiger partial charge is 1.00 e. The van der Waals surface area contributed by atoms with Gasteiger partial charge in [0.15, 0.2) is 0 Å². The fourth-order valence-corrected chi connectivity index (χ4v) is 0.938. The summed E-state index contributed by atoms with van der Waals surface area (Å²) < 4.78 is 0. The first-order valence-corrected chi connectivity index (χ1v) is 3.13. The molecule has 0 aromatic rings. The smallest absolute Gasteiger partial charge is 0.512 e. The van der Waals surface area contributed by atoms with Gasteiger partial charge in [-0.25, -0.2) is 4.99 Å². The van der Waals surface area contributed by atoms with Gasteiger partial charge in [0.2, 0.25) is 0 Å². The fourth-order valence-electron chi connectivity index (χ4n) is 0.938. The van der Waals surface area contributed by atoms with Crippen molar-refractivity contribution in [2.24, 2.45) is 9.98 Å². The average molecular weight is 151 g/mol. The molecule has 0 aromatic carbocycles. The van der Waals surface area contributed by atoms with Crippen molar-refractivity contribution >= 4 is 12.1 Å². The van der Waals surface area contributed by atoms with Gasteiger partial charge in [-0.1, -0.05) is 18.2 Å². The van der Waals surface area contributed by atoms with E-state index in [0.29, 0.717) is 0 Å². The Bertz CT molecular complexity index is 273. The molecule has 1 heterocycles. The maximum absolute atomic E-state index is 6.25. The molecule has 1 aliphatic carbocycles. The molecule has 1 unspecified atom stereocenters. The average Bonchev–Trinajstić information content (AvgIpc) is 2.55. The van der Waals surface area contributed by atoms with Crippen molar-refractivity contribution < 1.29 is 18.9 Å². The van der Waals surface area contributed by atoms with Crippen LogP contribution in [0.15, 0.2) is 34.3 Å². The fraction of sp³-hybridized carbons (Fsp3) is 0.125. The zero-order valence-electron chi connectivity index (χ0n) is 6.81. The first-order valence-electron chi connectivity index (χ1n) is 3.13. The third-order valence-electron chi connectivity index (χ3n) is 1.41.